The lowest BCUT2D eigenvalue weighted by molar-refractivity contribution is -0.137. The fourth-order valence-electron chi connectivity index (χ4n) is 1.03. The van der Waals surface area contributed by atoms with E-state index in [1.165, 1.54) is 12.2 Å². The second kappa shape index (κ2) is 5.51. The molecule has 5 nitrogen and oxygen atoms in total. The molecule has 0 amide bonds. The van der Waals surface area contributed by atoms with E-state index in [-0.39, 0.29) is 12.2 Å². The fraction of sp³-hybridized carbons (Fsp3) is 0.182. The zero-order valence-corrected chi connectivity index (χ0v) is 8.88. The number of hydrogen-bond acceptors (Lipinski definition) is 4. The zero-order chi connectivity index (χ0) is 12.0. The van der Waals surface area contributed by atoms with E-state index in [0.29, 0.717) is 5.56 Å². The van der Waals surface area contributed by atoms with Crippen LogP contribution in [0.1, 0.15) is 5.56 Å². The minimum atomic E-state index is -0.661. The van der Waals surface area contributed by atoms with Crippen LogP contribution in [0.5, 0.6) is 0 Å². The number of nitrogens with zero attached hydrogens (tertiary/aromatic N) is 3. The maximum absolute atomic E-state index is 11.4. The van der Waals surface area contributed by atoms with Gasteiger partial charge < -0.3 is 4.74 Å². The zero-order valence-electron chi connectivity index (χ0n) is 8.88. The van der Waals surface area contributed by atoms with E-state index in [1.54, 1.807) is 30.2 Å². The number of nitriles is 1. The van der Waals surface area contributed by atoms with Crippen LogP contribution in [0, 0.1) is 11.3 Å². The van der Waals surface area contributed by atoms with Gasteiger partial charge in [-0.15, -0.1) is 0 Å². The minimum Gasteiger partial charge on any atom is -0.457 e. The van der Waals surface area contributed by atoms with Crippen LogP contribution in [0.3, 0.4) is 0 Å². The van der Waals surface area contributed by atoms with Crippen LogP contribution in [0.15, 0.2) is 30.6 Å². The normalized spacial score (nSPS) is 10.6. The summed E-state index contributed by atoms with van der Waals surface area (Å²) in [5.41, 5.74) is 0.615. The molecule has 0 radical (unpaired) electrons. The second-order valence-corrected chi connectivity index (χ2v) is 3.00. The Morgan fingerprint density at radius 1 is 1.81 bits per heavy atom. The van der Waals surface area contributed by atoms with Crippen molar-refractivity contribution in [2.75, 3.05) is 6.61 Å². The highest BCUT2D eigenvalue weighted by molar-refractivity contribution is 5.97. The van der Waals surface area contributed by atoms with Crippen molar-refractivity contribution in [3.8, 4) is 6.07 Å². The number of aryl methyl sites for hydroxylation is 1. The molecule has 0 aromatic carbocycles. The van der Waals surface area contributed by atoms with Gasteiger partial charge in [-0.2, -0.15) is 10.4 Å². The maximum atomic E-state index is 11.4. The highest BCUT2D eigenvalue weighted by Crippen LogP contribution is 2.06. The van der Waals surface area contributed by atoms with Crippen LogP contribution in [-0.2, 0) is 16.6 Å². The summed E-state index contributed by atoms with van der Waals surface area (Å²) < 4.78 is 6.33. The summed E-state index contributed by atoms with van der Waals surface area (Å²) in [5, 5.41) is 12.7. The van der Waals surface area contributed by atoms with Crippen LogP contribution in [-0.4, -0.2) is 22.4 Å². The molecule has 1 aromatic rings. The molecule has 1 aromatic heterocycles. The van der Waals surface area contributed by atoms with E-state index in [1.807, 2.05) is 0 Å². The van der Waals surface area contributed by atoms with Gasteiger partial charge in [0.05, 0.1) is 6.20 Å². The first-order valence-corrected chi connectivity index (χ1v) is 4.56. The number of ether oxygens (including phenoxy) is 1. The summed E-state index contributed by atoms with van der Waals surface area (Å²) in [6.07, 6.45) is 6.12. The average molecular weight is 217 g/mol. The number of carbonyl (C=O) groups excluding carboxylic acids is 1. The molecule has 0 fully saturated rings. The summed E-state index contributed by atoms with van der Waals surface area (Å²) in [4.78, 5) is 11.4. The third-order valence-electron chi connectivity index (χ3n) is 1.71. The standard InChI is InChI=1S/C11H11N3O2/c1-3-4-16-11(15)10(6-12)5-9-7-13-14(2)8-9/h3,5,7-8H,1,4H2,2H3/b10-5-. The van der Waals surface area contributed by atoms with Crippen molar-refractivity contribution in [1.82, 2.24) is 9.78 Å². The smallest absolute Gasteiger partial charge is 0.349 e. The van der Waals surface area contributed by atoms with Crippen LogP contribution in [0.4, 0.5) is 0 Å². The van der Waals surface area contributed by atoms with Crippen molar-refractivity contribution in [2.45, 2.75) is 0 Å². The Morgan fingerprint density at radius 2 is 2.56 bits per heavy atom. The molecule has 0 aliphatic rings. The highest BCUT2D eigenvalue weighted by atomic mass is 16.5. The third kappa shape index (κ3) is 3.10. The Balaban J connectivity index is 2.82. The molecule has 1 heterocycles. The summed E-state index contributed by atoms with van der Waals surface area (Å²) >= 11 is 0. The van der Waals surface area contributed by atoms with Crippen molar-refractivity contribution < 1.29 is 9.53 Å². The van der Waals surface area contributed by atoms with Gasteiger partial charge in [0.25, 0.3) is 0 Å². The van der Waals surface area contributed by atoms with Crippen molar-refractivity contribution in [3.63, 3.8) is 0 Å². The van der Waals surface area contributed by atoms with Crippen molar-refractivity contribution in [1.29, 1.82) is 5.26 Å². The average Bonchev–Trinajstić information content (AvgIpc) is 2.68. The Kier molecular flexibility index (Phi) is 4.04. The molecule has 82 valence electrons. The van der Waals surface area contributed by atoms with E-state index in [2.05, 4.69) is 11.7 Å². The van der Waals surface area contributed by atoms with Gasteiger partial charge in [-0.3, -0.25) is 4.68 Å². The summed E-state index contributed by atoms with van der Waals surface area (Å²) in [7, 11) is 1.75. The Bertz CT molecular complexity index is 466. The van der Waals surface area contributed by atoms with E-state index >= 15 is 0 Å². The Morgan fingerprint density at radius 3 is 3.06 bits per heavy atom. The fourth-order valence-corrected chi connectivity index (χ4v) is 1.03. The van der Waals surface area contributed by atoms with E-state index in [9.17, 15) is 4.79 Å². The molecule has 1 rings (SSSR count). The molecule has 0 atom stereocenters. The number of hydrogen-bond donors (Lipinski definition) is 0. The minimum absolute atomic E-state index is 0.0603. The second-order valence-electron chi connectivity index (χ2n) is 3.00. The van der Waals surface area contributed by atoms with Gasteiger partial charge in [0.15, 0.2) is 0 Å². The van der Waals surface area contributed by atoms with Gasteiger partial charge in [-0.05, 0) is 6.08 Å². The van der Waals surface area contributed by atoms with Crippen molar-refractivity contribution >= 4 is 12.0 Å². The molecule has 0 spiro atoms. The SMILES string of the molecule is C=CCOC(=O)/C(C#N)=C\c1cnn(C)c1. The van der Waals surface area contributed by atoms with Gasteiger partial charge in [0.2, 0.25) is 0 Å². The lowest BCUT2D eigenvalue weighted by atomic mass is 10.2. The first-order chi connectivity index (χ1) is 7.67. The van der Waals surface area contributed by atoms with Gasteiger partial charge in [-0.25, -0.2) is 4.79 Å². The number of esters is 1. The Labute approximate surface area is 93.2 Å². The summed E-state index contributed by atoms with van der Waals surface area (Å²) in [6.45, 7) is 3.50. The lowest BCUT2D eigenvalue weighted by Crippen LogP contribution is -2.06. The molecule has 0 saturated carbocycles. The predicted octanol–water partition coefficient (Wildman–Crippen LogP) is 1.06. The highest BCUT2D eigenvalue weighted by Gasteiger charge is 2.10. The molecule has 0 saturated heterocycles. The van der Waals surface area contributed by atoms with E-state index < -0.39 is 5.97 Å². The molecule has 0 N–H and O–H groups in total. The molecule has 5 heteroatoms. The van der Waals surface area contributed by atoms with E-state index in [0.717, 1.165) is 0 Å². The number of carbonyl (C=O) groups is 1. The first-order valence-electron chi connectivity index (χ1n) is 4.56. The van der Waals surface area contributed by atoms with Crippen LogP contribution in [0.2, 0.25) is 0 Å². The largest absolute Gasteiger partial charge is 0.457 e. The van der Waals surface area contributed by atoms with Crippen molar-refractivity contribution in [2.24, 2.45) is 7.05 Å². The number of aromatic nitrogens is 2. The lowest BCUT2D eigenvalue weighted by Gasteiger charge is -1.98. The predicted molar refractivity (Wildman–Crippen MR) is 58.0 cm³/mol. The van der Waals surface area contributed by atoms with Gasteiger partial charge >= 0.3 is 5.97 Å². The molecular weight excluding hydrogens is 206 g/mol. The maximum Gasteiger partial charge on any atom is 0.349 e. The first kappa shape index (κ1) is 11.7. The van der Waals surface area contributed by atoms with Crippen LogP contribution < -0.4 is 0 Å². The quantitative estimate of drug-likeness (QED) is 0.327. The van der Waals surface area contributed by atoms with Crippen molar-refractivity contribution in [3.05, 3.63) is 36.2 Å². The molecular formula is C11H11N3O2. The van der Waals surface area contributed by atoms with Crippen LogP contribution in [0.25, 0.3) is 6.08 Å². The van der Waals surface area contributed by atoms with E-state index in [4.69, 9.17) is 10.00 Å². The van der Waals surface area contributed by atoms with Gasteiger partial charge in [-0.1, -0.05) is 12.7 Å². The summed E-state index contributed by atoms with van der Waals surface area (Å²) in [5.74, 6) is -0.661. The van der Waals surface area contributed by atoms with Gasteiger partial charge in [0.1, 0.15) is 18.2 Å². The third-order valence-corrected chi connectivity index (χ3v) is 1.71. The topological polar surface area (TPSA) is 67.9 Å². The molecule has 0 aliphatic carbocycles. The van der Waals surface area contributed by atoms with Gasteiger partial charge in [0, 0.05) is 18.8 Å². The summed E-state index contributed by atoms with van der Waals surface area (Å²) in [6, 6.07) is 1.78. The molecule has 0 unspecified atom stereocenters. The molecule has 0 aliphatic heterocycles. The number of rotatable bonds is 4. The monoisotopic (exact) mass is 217 g/mol. The Hall–Kier alpha value is -2.35. The molecule has 0 bridgehead atoms. The van der Waals surface area contributed by atoms with Crippen LogP contribution >= 0.6 is 0 Å². The molecule has 16 heavy (non-hydrogen) atoms.